The maximum Gasteiger partial charge on any atom is 0.341 e. The van der Waals surface area contributed by atoms with E-state index in [0.717, 1.165) is 0 Å². The summed E-state index contributed by atoms with van der Waals surface area (Å²) in [4.78, 5) is 25.2. The fraction of sp³-hybridized carbons (Fsp3) is 0.509. The highest BCUT2D eigenvalue weighted by Gasteiger charge is 2.23. The average Bonchev–Trinajstić information content (AvgIpc) is 3.42. The molecular formula is C53H71NO20. The molecule has 21 nitrogen and oxygen atoms in total. The molecule has 4 aromatic carbocycles. The summed E-state index contributed by atoms with van der Waals surface area (Å²) in [5.41, 5.74) is 1.60. The molecule has 408 valence electrons. The Morgan fingerprint density at radius 1 is 0.486 bits per heavy atom. The van der Waals surface area contributed by atoms with Crippen molar-refractivity contribution in [1.82, 2.24) is 5.32 Å². The Morgan fingerprint density at radius 3 is 1.49 bits per heavy atom. The van der Waals surface area contributed by atoms with E-state index >= 15 is 0 Å². The van der Waals surface area contributed by atoms with Gasteiger partial charge in [-0.15, -0.1) is 0 Å². The van der Waals surface area contributed by atoms with E-state index in [1.54, 1.807) is 93.1 Å². The summed E-state index contributed by atoms with van der Waals surface area (Å²) >= 11 is 0. The van der Waals surface area contributed by atoms with Gasteiger partial charge in [-0.25, -0.2) is 4.79 Å². The van der Waals surface area contributed by atoms with Crippen LogP contribution in [0.25, 0.3) is 0 Å². The Bertz CT molecular complexity index is 2180. The number of amides is 1. The smallest absolute Gasteiger partial charge is 0.341 e. The van der Waals surface area contributed by atoms with E-state index in [9.17, 15) is 9.59 Å². The minimum absolute atomic E-state index is 0.147. The largest absolute Gasteiger partial charge is 0.497 e. The van der Waals surface area contributed by atoms with Gasteiger partial charge in [0.2, 0.25) is 0 Å². The molecule has 4 aromatic rings. The Morgan fingerprint density at radius 2 is 0.959 bits per heavy atom. The van der Waals surface area contributed by atoms with Crippen molar-refractivity contribution >= 4 is 11.9 Å². The van der Waals surface area contributed by atoms with Crippen molar-refractivity contribution in [3.63, 3.8) is 0 Å². The van der Waals surface area contributed by atoms with E-state index in [4.69, 9.17) is 85.6 Å². The van der Waals surface area contributed by atoms with Gasteiger partial charge in [0.05, 0.1) is 133 Å². The van der Waals surface area contributed by atoms with E-state index in [2.05, 4.69) is 5.32 Å². The molecule has 21 heteroatoms. The van der Waals surface area contributed by atoms with Crippen LogP contribution in [0.4, 0.5) is 0 Å². The van der Waals surface area contributed by atoms with E-state index in [1.165, 1.54) is 7.11 Å². The van der Waals surface area contributed by atoms with E-state index in [-0.39, 0.29) is 45.2 Å². The second-order valence-corrected chi connectivity index (χ2v) is 15.7. The van der Waals surface area contributed by atoms with Gasteiger partial charge in [-0.3, -0.25) is 4.79 Å². The molecule has 0 saturated heterocycles. The topological polar surface area (TPSA) is 223 Å². The van der Waals surface area contributed by atoms with Crippen LogP contribution >= 0.6 is 0 Å². The molecule has 1 heterocycles. The predicted molar refractivity (Wildman–Crippen MR) is 267 cm³/mol. The summed E-state index contributed by atoms with van der Waals surface area (Å²) in [6, 6.07) is 21.6. The summed E-state index contributed by atoms with van der Waals surface area (Å²) in [5.74, 6) is 2.23. The number of ether oxygens (including phenoxy) is 17. The molecule has 1 amide bonds. The van der Waals surface area contributed by atoms with Crippen LogP contribution < -0.4 is 43.2 Å². The average molecular weight is 1040 g/mol. The summed E-state index contributed by atoms with van der Waals surface area (Å²) in [7, 11) is 4.71. The monoisotopic (exact) mass is 1040 g/mol. The van der Waals surface area contributed by atoms with Crippen molar-refractivity contribution in [2.24, 2.45) is 0 Å². The van der Waals surface area contributed by atoms with Gasteiger partial charge in [0.1, 0.15) is 56.0 Å². The normalized spacial score (nSPS) is 15.7. The first kappa shape index (κ1) is 58.7. The number of aliphatic carboxylic acids is 1. The van der Waals surface area contributed by atoms with Gasteiger partial charge in [-0.1, -0.05) is 12.1 Å². The van der Waals surface area contributed by atoms with Crippen LogP contribution in [0.2, 0.25) is 0 Å². The molecule has 0 aromatic heterocycles. The minimum atomic E-state index is -1.10. The molecule has 1 aliphatic heterocycles. The fourth-order valence-electron chi connectivity index (χ4n) is 6.81. The summed E-state index contributed by atoms with van der Waals surface area (Å²) < 4.78 is 97.0. The van der Waals surface area contributed by atoms with Crippen LogP contribution in [0.3, 0.4) is 0 Å². The number of nitrogens with one attached hydrogen (secondary N) is 1. The number of carbonyl (C=O) groups excluding carboxylic acids is 1. The number of carbonyl (C=O) groups is 2. The lowest BCUT2D eigenvalue weighted by Gasteiger charge is -2.23. The molecule has 0 saturated carbocycles. The van der Waals surface area contributed by atoms with Gasteiger partial charge < -0.3 is 90.9 Å². The zero-order valence-corrected chi connectivity index (χ0v) is 42.6. The van der Waals surface area contributed by atoms with E-state index < -0.39 is 24.5 Å². The molecule has 1 aliphatic rings. The predicted octanol–water partition coefficient (Wildman–Crippen LogP) is 5.07. The number of hydrogen-bond acceptors (Lipinski definition) is 19. The summed E-state index contributed by atoms with van der Waals surface area (Å²) in [6.07, 6.45) is 0. The van der Waals surface area contributed by atoms with Gasteiger partial charge in [-0.2, -0.15) is 0 Å². The Hall–Kier alpha value is -6.14. The molecule has 5 rings (SSSR count). The molecule has 0 radical (unpaired) electrons. The zero-order valence-electron chi connectivity index (χ0n) is 42.6. The third-order valence-electron chi connectivity index (χ3n) is 10.5. The van der Waals surface area contributed by atoms with Gasteiger partial charge >= 0.3 is 5.97 Å². The molecule has 0 spiro atoms. The van der Waals surface area contributed by atoms with Gasteiger partial charge in [-0.05, 0) is 60.2 Å². The number of fused-ring (bicyclic) bond motifs is 2. The molecular weight excluding hydrogens is 971 g/mol. The number of hydrogen-bond donors (Lipinski definition) is 2. The van der Waals surface area contributed by atoms with Crippen LogP contribution in [0.15, 0.2) is 78.9 Å². The number of benzene rings is 4. The highest BCUT2D eigenvalue weighted by molar-refractivity contribution is 5.95. The first-order valence-corrected chi connectivity index (χ1v) is 24.4. The van der Waals surface area contributed by atoms with Gasteiger partial charge in [0, 0.05) is 30.4 Å². The number of rotatable bonds is 19. The highest BCUT2D eigenvalue weighted by Crippen LogP contribution is 2.35. The Kier molecular flexibility index (Phi) is 28.5. The van der Waals surface area contributed by atoms with E-state index in [1.807, 2.05) is 0 Å². The second kappa shape index (κ2) is 35.9. The van der Waals surface area contributed by atoms with Crippen molar-refractivity contribution in [3.05, 3.63) is 95.6 Å². The first-order valence-electron chi connectivity index (χ1n) is 24.4. The zero-order chi connectivity index (χ0) is 52.3. The lowest BCUT2D eigenvalue weighted by molar-refractivity contribution is -0.139. The maximum absolute atomic E-state index is 14.1. The second-order valence-electron chi connectivity index (χ2n) is 15.7. The van der Waals surface area contributed by atoms with Crippen LogP contribution in [-0.2, 0) is 47.4 Å². The van der Waals surface area contributed by atoms with E-state index in [0.29, 0.717) is 163 Å². The molecule has 0 aliphatic carbocycles. The number of carboxylic acid groups (broad SMARTS) is 1. The van der Waals surface area contributed by atoms with Gasteiger partial charge in [0.15, 0.2) is 29.6 Å². The van der Waals surface area contributed by atoms with Crippen molar-refractivity contribution in [2.45, 2.75) is 6.04 Å². The van der Waals surface area contributed by atoms with Crippen molar-refractivity contribution in [3.8, 4) is 46.0 Å². The Balaban J connectivity index is 1.14. The SMILES string of the molecule is COCCOCCOCCOc1ccc2c(c1)OCCOCCOCCOCCOc1ccc(C(=O)NC(c3ccc(OCC(=O)O)cc3)c3ccc(OC)cc3OC)cc1OCCOCCOCCOCCO2. The summed E-state index contributed by atoms with van der Waals surface area (Å²) in [6.45, 7) is 6.99. The minimum Gasteiger partial charge on any atom is -0.497 e. The molecule has 2 N–H and O–H groups in total. The number of carboxylic acids is 1. The molecule has 0 fully saturated rings. The molecule has 1 unspecified atom stereocenters. The fourth-order valence-corrected chi connectivity index (χ4v) is 6.81. The third kappa shape index (κ3) is 22.5. The first-order chi connectivity index (χ1) is 36.4. The van der Waals surface area contributed by atoms with Crippen molar-refractivity contribution < 1.29 is 95.2 Å². The lowest BCUT2D eigenvalue weighted by atomic mass is 9.96. The molecule has 74 heavy (non-hydrogen) atoms. The summed E-state index contributed by atoms with van der Waals surface area (Å²) in [5, 5.41) is 12.2. The van der Waals surface area contributed by atoms with Crippen LogP contribution in [0, 0.1) is 0 Å². The quantitative estimate of drug-likeness (QED) is 0.117. The van der Waals surface area contributed by atoms with Gasteiger partial charge in [0.25, 0.3) is 5.91 Å². The third-order valence-corrected chi connectivity index (χ3v) is 10.5. The van der Waals surface area contributed by atoms with Crippen molar-refractivity contribution in [1.29, 1.82) is 0 Å². The van der Waals surface area contributed by atoms with Crippen LogP contribution in [0.1, 0.15) is 27.5 Å². The van der Waals surface area contributed by atoms with Crippen molar-refractivity contribution in [2.75, 3.05) is 173 Å². The highest BCUT2D eigenvalue weighted by atomic mass is 16.6. The van der Waals surface area contributed by atoms with Crippen LogP contribution in [0.5, 0.6) is 46.0 Å². The Labute approximate surface area is 432 Å². The lowest BCUT2D eigenvalue weighted by Crippen LogP contribution is -2.29. The molecule has 0 bridgehead atoms. The number of methoxy groups -OCH3 is 3. The maximum atomic E-state index is 14.1. The van der Waals surface area contributed by atoms with Crippen LogP contribution in [-0.4, -0.2) is 190 Å². The standard InChI is InChI=1S/C53H71NO20/c1-58-14-15-61-16-21-64-26-31-69-44-10-13-47-50(38-44)73-35-30-68-25-20-63-17-22-65-27-32-70-46-12-6-41(36-49(46)72-34-29-67-24-19-62-18-23-66-28-33-71-47)53(57)54-52(45-11-9-43(59-2)37-48(45)60-3)40-4-7-42(8-5-40)74-39-51(55)56/h4-13,36-38,52H,14-35,39H2,1-3H3,(H,54,57)(H,55,56). The molecule has 1 atom stereocenters.